The number of carbonyl (C=O) groups excluding carboxylic acids is 1. The summed E-state index contributed by atoms with van der Waals surface area (Å²) in [6, 6.07) is 12.2. The lowest BCUT2D eigenvalue weighted by Crippen LogP contribution is -2.41. The lowest BCUT2D eigenvalue weighted by atomic mass is 10.1. The van der Waals surface area contributed by atoms with E-state index in [1.165, 1.54) is 11.0 Å². The maximum absolute atomic E-state index is 12.5. The van der Waals surface area contributed by atoms with Gasteiger partial charge in [0.15, 0.2) is 17.6 Å². The summed E-state index contributed by atoms with van der Waals surface area (Å²) in [6.07, 6.45) is -0.256. The Morgan fingerprint density at radius 1 is 1.30 bits per heavy atom. The molecule has 0 saturated heterocycles. The predicted octanol–water partition coefficient (Wildman–Crippen LogP) is 3.07. The second kappa shape index (κ2) is 6.50. The Morgan fingerprint density at radius 3 is 2.83 bits per heavy atom. The van der Waals surface area contributed by atoms with Crippen LogP contribution < -0.4 is 9.47 Å². The third kappa shape index (κ3) is 3.42. The summed E-state index contributed by atoms with van der Waals surface area (Å²) in [4.78, 5) is 14.0. The van der Waals surface area contributed by atoms with Crippen molar-refractivity contribution in [3.63, 3.8) is 0 Å². The molecule has 3 rings (SSSR count). The van der Waals surface area contributed by atoms with Crippen LogP contribution in [-0.4, -0.2) is 42.2 Å². The Bertz CT molecular complexity index is 734. The molecule has 1 heterocycles. The fraction of sp³-hybridized carbons (Fsp3) is 0.235. The van der Waals surface area contributed by atoms with Crippen LogP contribution >= 0.6 is 15.9 Å². The van der Waals surface area contributed by atoms with Crippen molar-refractivity contribution >= 4 is 21.8 Å². The fourth-order valence-electron chi connectivity index (χ4n) is 2.43. The second-order valence-corrected chi connectivity index (χ2v) is 6.26. The molecule has 2 aromatic carbocycles. The Morgan fingerprint density at radius 2 is 2.04 bits per heavy atom. The van der Waals surface area contributed by atoms with Gasteiger partial charge < -0.3 is 19.5 Å². The highest BCUT2D eigenvalue weighted by molar-refractivity contribution is 9.10. The molecule has 0 bridgehead atoms. The number of fused-ring (bicyclic) bond motifs is 1. The Labute approximate surface area is 142 Å². The molecule has 2 aromatic rings. The molecule has 1 N–H and O–H groups in total. The smallest absolute Gasteiger partial charge is 0.257 e. The number of aromatic hydroxyl groups is 1. The number of phenolic OH excluding ortho intramolecular Hbond substituents is 1. The van der Waals surface area contributed by atoms with Gasteiger partial charge in [-0.3, -0.25) is 4.79 Å². The van der Waals surface area contributed by atoms with Gasteiger partial charge in [0, 0.05) is 11.5 Å². The first-order chi connectivity index (χ1) is 11.0. The summed E-state index contributed by atoms with van der Waals surface area (Å²) >= 11 is 3.30. The molecule has 0 saturated carbocycles. The van der Waals surface area contributed by atoms with Crippen molar-refractivity contribution in [3.8, 4) is 17.2 Å². The normalized spacial score (nSPS) is 16.0. The summed E-state index contributed by atoms with van der Waals surface area (Å²) in [7, 11) is 1.67. The van der Waals surface area contributed by atoms with Crippen LogP contribution in [-0.2, 0) is 0 Å². The maximum atomic E-state index is 12.5. The van der Waals surface area contributed by atoms with Crippen LogP contribution in [0.15, 0.2) is 46.9 Å². The van der Waals surface area contributed by atoms with E-state index in [0.717, 1.165) is 4.47 Å². The van der Waals surface area contributed by atoms with Gasteiger partial charge in [-0.05, 0) is 30.3 Å². The molecule has 0 fully saturated rings. The average molecular weight is 378 g/mol. The summed E-state index contributed by atoms with van der Waals surface area (Å²) in [5.74, 6) is 1.07. The number of para-hydroxylation sites is 2. The number of ether oxygens (including phenoxy) is 2. The van der Waals surface area contributed by atoms with E-state index >= 15 is 0 Å². The lowest BCUT2D eigenvalue weighted by molar-refractivity contribution is 0.0519. The van der Waals surface area contributed by atoms with Crippen LogP contribution in [0.3, 0.4) is 0 Å². The van der Waals surface area contributed by atoms with Crippen LogP contribution in [0.4, 0.5) is 0 Å². The molecule has 0 radical (unpaired) electrons. The van der Waals surface area contributed by atoms with Crippen LogP contribution in [0.25, 0.3) is 0 Å². The van der Waals surface area contributed by atoms with Gasteiger partial charge in [0.05, 0.1) is 12.1 Å². The number of hydrogen-bond donors (Lipinski definition) is 1. The third-order valence-electron chi connectivity index (χ3n) is 3.58. The molecule has 23 heavy (non-hydrogen) atoms. The average Bonchev–Trinajstić information content (AvgIpc) is 2.56. The SMILES string of the molecule is CN(C[C@H]1COc2ccccc2O1)C(=O)c1cc(Br)ccc1O. The van der Waals surface area contributed by atoms with Crippen LogP contribution in [0.1, 0.15) is 10.4 Å². The van der Waals surface area contributed by atoms with Gasteiger partial charge in [-0.1, -0.05) is 28.1 Å². The molecule has 1 amide bonds. The van der Waals surface area contributed by atoms with Crippen LogP contribution in [0.2, 0.25) is 0 Å². The number of halogens is 1. The number of likely N-dealkylation sites (N-methyl/N-ethyl adjacent to an activating group) is 1. The molecule has 0 spiro atoms. The van der Waals surface area contributed by atoms with Crippen molar-refractivity contribution in [2.24, 2.45) is 0 Å². The van der Waals surface area contributed by atoms with Gasteiger partial charge in [-0.25, -0.2) is 0 Å². The number of nitrogens with zero attached hydrogens (tertiary/aromatic N) is 1. The minimum Gasteiger partial charge on any atom is -0.507 e. The van der Waals surface area contributed by atoms with Crippen LogP contribution in [0, 0.1) is 0 Å². The molecular weight excluding hydrogens is 362 g/mol. The van der Waals surface area contributed by atoms with E-state index < -0.39 is 0 Å². The first-order valence-electron chi connectivity index (χ1n) is 7.17. The minimum absolute atomic E-state index is 0.0452. The molecule has 0 aromatic heterocycles. The quantitative estimate of drug-likeness (QED) is 0.892. The van der Waals surface area contributed by atoms with Crippen molar-refractivity contribution in [2.75, 3.05) is 20.2 Å². The zero-order valence-electron chi connectivity index (χ0n) is 12.5. The Kier molecular flexibility index (Phi) is 4.43. The first kappa shape index (κ1) is 15.7. The standard InChI is InChI=1S/C17H16BrNO4/c1-19(17(21)13-8-11(18)6-7-14(13)20)9-12-10-22-15-4-2-3-5-16(15)23-12/h2-8,12,20H,9-10H2,1H3/t12-/m0/s1. The fourth-order valence-corrected chi connectivity index (χ4v) is 2.79. The highest BCUT2D eigenvalue weighted by Crippen LogP contribution is 2.31. The molecule has 0 unspecified atom stereocenters. The topological polar surface area (TPSA) is 59.0 Å². The molecule has 120 valence electrons. The number of benzene rings is 2. The minimum atomic E-state index is -0.272. The molecule has 1 atom stereocenters. The molecule has 5 nitrogen and oxygen atoms in total. The van der Waals surface area contributed by atoms with Crippen LogP contribution in [0.5, 0.6) is 17.2 Å². The van der Waals surface area contributed by atoms with Gasteiger partial charge in [0.1, 0.15) is 12.4 Å². The summed E-state index contributed by atoms with van der Waals surface area (Å²) in [6.45, 7) is 0.734. The maximum Gasteiger partial charge on any atom is 0.257 e. The van der Waals surface area contributed by atoms with Crippen molar-refractivity contribution < 1.29 is 19.4 Å². The van der Waals surface area contributed by atoms with Gasteiger partial charge in [0.2, 0.25) is 0 Å². The number of carbonyl (C=O) groups is 1. The highest BCUT2D eigenvalue weighted by atomic mass is 79.9. The van der Waals surface area contributed by atoms with Crippen molar-refractivity contribution in [3.05, 3.63) is 52.5 Å². The van der Waals surface area contributed by atoms with E-state index in [1.54, 1.807) is 19.2 Å². The van der Waals surface area contributed by atoms with E-state index in [0.29, 0.717) is 24.7 Å². The van der Waals surface area contributed by atoms with Crippen molar-refractivity contribution in [1.29, 1.82) is 0 Å². The Balaban J connectivity index is 1.69. The second-order valence-electron chi connectivity index (χ2n) is 5.34. The van der Waals surface area contributed by atoms with Crippen molar-refractivity contribution in [1.82, 2.24) is 4.90 Å². The zero-order chi connectivity index (χ0) is 16.4. The van der Waals surface area contributed by atoms with E-state index in [1.807, 2.05) is 24.3 Å². The molecule has 1 aliphatic heterocycles. The molecular formula is C17H16BrNO4. The number of hydrogen-bond acceptors (Lipinski definition) is 4. The van der Waals surface area contributed by atoms with Gasteiger partial charge in [-0.2, -0.15) is 0 Å². The largest absolute Gasteiger partial charge is 0.507 e. The molecule has 1 aliphatic rings. The monoisotopic (exact) mass is 377 g/mol. The highest BCUT2D eigenvalue weighted by Gasteiger charge is 2.25. The van der Waals surface area contributed by atoms with Gasteiger partial charge in [0.25, 0.3) is 5.91 Å². The molecule has 0 aliphatic carbocycles. The van der Waals surface area contributed by atoms with E-state index in [2.05, 4.69) is 15.9 Å². The zero-order valence-corrected chi connectivity index (χ0v) is 14.1. The first-order valence-corrected chi connectivity index (χ1v) is 7.96. The molecule has 6 heteroatoms. The lowest BCUT2D eigenvalue weighted by Gasteiger charge is -2.29. The number of phenols is 1. The van der Waals surface area contributed by atoms with E-state index in [9.17, 15) is 9.90 Å². The summed E-state index contributed by atoms with van der Waals surface area (Å²) in [5, 5.41) is 9.87. The number of rotatable bonds is 3. The summed E-state index contributed by atoms with van der Waals surface area (Å²) in [5.41, 5.74) is 0.249. The van der Waals surface area contributed by atoms with Crippen molar-refractivity contribution in [2.45, 2.75) is 6.10 Å². The van der Waals surface area contributed by atoms with Gasteiger partial charge >= 0.3 is 0 Å². The number of amides is 1. The predicted molar refractivity (Wildman–Crippen MR) is 89.1 cm³/mol. The Hall–Kier alpha value is -2.21. The van der Waals surface area contributed by atoms with E-state index in [4.69, 9.17) is 9.47 Å². The van der Waals surface area contributed by atoms with E-state index in [-0.39, 0.29) is 23.3 Å². The third-order valence-corrected chi connectivity index (χ3v) is 4.07. The summed E-state index contributed by atoms with van der Waals surface area (Å²) < 4.78 is 12.2. The van der Waals surface area contributed by atoms with Gasteiger partial charge in [-0.15, -0.1) is 0 Å².